The Morgan fingerprint density at radius 2 is 1.55 bits per heavy atom. The summed E-state index contributed by atoms with van der Waals surface area (Å²) in [6.07, 6.45) is 20.4. The Bertz CT molecular complexity index is 1040. The minimum absolute atomic E-state index is 0.00641. The summed E-state index contributed by atoms with van der Waals surface area (Å²) in [5, 5.41) is 11.0. The van der Waals surface area contributed by atoms with Gasteiger partial charge in [-0.1, -0.05) is 72.5 Å². The fourth-order valence-electron chi connectivity index (χ4n) is 12.2. The minimum atomic E-state index is -0.358. The summed E-state index contributed by atoms with van der Waals surface area (Å²) >= 11 is 0. The third-order valence-corrected chi connectivity index (χ3v) is 15.5. The third-order valence-electron chi connectivity index (χ3n) is 15.5. The van der Waals surface area contributed by atoms with E-state index < -0.39 is 0 Å². The van der Waals surface area contributed by atoms with E-state index in [1.165, 1.54) is 64.2 Å². The van der Waals surface area contributed by atoms with Gasteiger partial charge in [0.25, 0.3) is 0 Å². The van der Waals surface area contributed by atoms with Crippen LogP contribution in [0, 0.1) is 56.2 Å². The van der Waals surface area contributed by atoms with Gasteiger partial charge in [0.2, 0.25) is 0 Å². The predicted octanol–water partition coefficient (Wildman–Crippen LogP) is 9.27. The SMILES string of the molecule is CC1(C)C2CC[C@]3(C)C(CC=C4[C@@H]5C[C@@](C)(C(=O)OCC6CCCCC6)CC[C@]5(C)CC[C@]43C)[C@@]2(C)CC[C@@H]1O. The van der Waals surface area contributed by atoms with Gasteiger partial charge < -0.3 is 9.84 Å². The maximum atomic E-state index is 13.7. The molecule has 0 radical (unpaired) electrons. The molecule has 1 N–H and O–H groups in total. The lowest BCUT2D eigenvalue weighted by atomic mass is 9.33. The lowest BCUT2D eigenvalue weighted by Crippen LogP contribution is -2.64. The van der Waals surface area contributed by atoms with Gasteiger partial charge in [-0.15, -0.1) is 0 Å². The molecule has 0 saturated heterocycles. The zero-order valence-corrected chi connectivity index (χ0v) is 27.0. The van der Waals surface area contributed by atoms with Crippen LogP contribution >= 0.6 is 0 Å². The van der Waals surface area contributed by atoms with Gasteiger partial charge in [-0.3, -0.25) is 4.79 Å². The van der Waals surface area contributed by atoms with Crippen LogP contribution in [0.2, 0.25) is 0 Å². The van der Waals surface area contributed by atoms with Crippen LogP contribution in [0.3, 0.4) is 0 Å². The van der Waals surface area contributed by atoms with E-state index in [1.54, 1.807) is 5.57 Å². The molecule has 0 heterocycles. The van der Waals surface area contributed by atoms with Crippen molar-refractivity contribution in [2.75, 3.05) is 6.61 Å². The van der Waals surface area contributed by atoms with Gasteiger partial charge in [-0.25, -0.2) is 0 Å². The highest BCUT2D eigenvalue weighted by atomic mass is 16.5. The normalized spacial score (nSPS) is 50.5. The molecule has 0 aliphatic heterocycles. The number of ether oxygens (including phenoxy) is 1. The smallest absolute Gasteiger partial charge is 0.311 e. The largest absolute Gasteiger partial charge is 0.465 e. The fraction of sp³-hybridized carbons (Fsp3) is 0.919. The van der Waals surface area contributed by atoms with Crippen molar-refractivity contribution in [1.82, 2.24) is 0 Å². The molecule has 0 amide bonds. The first-order valence-electron chi connectivity index (χ1n) is 17.3. The zero-order chi connectivity index (χ0) is 28.8. The average molecular weight is 553 g/mol. The van der Waals surface area contributed by atoms with E-state index in [0.717, 1.165) is 32.1 Å². The van der Waals surface area contributed by atoms with Crippen LogP contribution in [0.25, 0.3) is 0 Å². The van der Waals surface area contributed by atoms with Crippen LogP contribution in [0.4, 0.5) is 0 Å². The van der Waals surface area contributed by atoms with Gasteiger partial charge in [0.05, 0.1) is 18.1 Å². The highest BCUT2D eigenvalue weighted by molar-refractivity contribution is 5.76. The quantitative estimate of drug-likeness (QED) is 0.280. The maximum absolute atomic E-state index is 13.7. The highest BCUT2D eigenvalue weighted by Crippen LogP contribution is 2.75. The van der Waals surface area contributed by atoms with E-state index in [0.29, 0.717) is 35.7 Å². The highest BCUT2D eigenvalue weighted by Gasteiger charge is 2.68. The van der Waals surface area contributed by atoms with Gasteiger partial charge in [0.1, 0.15) is 0 Å². The van der Waals surface area contributed by atoms with Gasteiger partial charge in [0, 0.05) is 0 Å². The molecule has 0 aromatic rings. The first-order chi connectivity index (χ1) is 18.7. The summed E-state index contributed by atoms with van der Waals surface area (Å²) in [6, 6.07) is 0. The van der Waals surface area contributed by atoms with Gasteiger partial charge >= 0.3 is 5.97 Å². The zero-order valence-electron chi connectivity index (χ0n) is 27.0. The molecule has 6 rings (SSSR count). The number of hydrogen-bond acceptors (Lipinski definition) is 3. The molecule has 6 aliphatic carbocycles. The molecule has 2 unspecified atom stereocenters. The van der Waals surface area contributed by atoms with Crippen LogP contribution < -0.4 is 0 Å². The Hall–Kier alpha value is -0.830. The van der Waals surface area contributed by atoms with Gasteiger partial charge in [-0.2, -0.15) is 0 Å². The van der Waals surface area contributed by atoms with E-state index in [-0.39, 0.29) is 39.1 Å². The van der Waals surface area contributed by atoms with Crippen molar-refractivity contribution >= 4 is 5.97 Å². The molecule has 40 heavy (non-hydrogen) atoms. The lowest BCUT2D eigenvalue weighted by molar-refractivity contribution is -0.203. The lowest BCUT2D eigenvalue weighted by Gasteiger charge is -2.71. The summed E-state index contributed by atoms with van der Waals surface area (Å²) in [5.74, 6) is 2.41. The van der Waals surface area contributed by atoms with Crippen LogP contribution in [0.15, 0.2) is 11.6 Å². The summed E-state index contributed by atoms with van der Waals surface area (Å²) < 4.78 is 6.13. The molecule has 5 saturated carbocycles. The van der Waals surface area contributed by atoms with Crippen molar-refractivity contribution in [2.24, 2.45) is 56.2 Å². The summed E-state index contributed by atoms with van der Waals surface area (Å²) in [6.45, 7) is 18.0. The second-order valence-corrected chi connectivity index (χ2v) is 17.7. The van der Waals surface area contributed by atoms with E-state index in [1.807, 2.05) is 0 Å². The Morgan fingerprint density at radius 3 is 2.27 bits per heavy atom. The first kappa shape index (κ1) is 29.3. The van der Waals surface area contributed by atoms with E-state index >= 15 is 0 Å². The number of aliphatic hydroxyl groups excluding tert-OH is 1. The number of rotatable bonds is 3. The average Bonchev–Trinajstić information content (AvgIpc) is 2.91. The van der Waals surface area contributed by atoms with Crippen LogP contribution in [-0.2, 0) is 9.53 Å². The van der Waals surface area contributed by atoms with Crippen molar-refractivity contribution in [1.29, 1.82) is 0 Å². The number of fused-ring (bicyclic) bond motifs is 7. The maximum Gasteiger partial charge on any atom is 0.311 e. The van der Waals surface area contributed by atoms with Crippen LogP contribution in [0.1, 0.15) is 145 Å². The van der Waals surface area contributed by atoms with Crippen molar-refractivity contribution in [3.05, 3.63) is 11.6 Å². The molecule has 0 aromatic heterocycles. The van der Waals surface area contributed by atoms with Crippen molar-refractivity contribution in [2.45, 2.75) is 151 Å². The molecule has 6 aliphatic rings. The van der Waals surface area contributed by atoms with Crippen molar-refractivity contribution in [3.63, 3.8) is 0 Å². The van der Waals surface area contributed by atoms with E-state index in [4.69, 9.17) is 4.74 Å². The Labute approximate surface area is 245 Å². The number of hydrogen-bond donors (Lipinski definition) is 1. The molecule has 3 nitrogen and oxygen atoms in total. The topological polar surface area (TPSA) is 46.5 Å². The van der Waals surface area contributed by atoms with Crippen LogP contribution in [-0.4, -0.2) is 23.8 Å². The Morgan fingerprint density at radius 1 is 0.850 bits per heavy atom. The van der Waals surface area contributed by atoms with Gasteiger partial charge in [-0.05, 0) is 135 Å². The second kappa shape index (κ2) is 9.59. The number of allylic oxidation sites excluding steroid dienone is 2. The summed E-state index contributed by atoms with van der Waals surface area (Å²) in [5.41, 5.74) is 2.40. The Balaban J connectivity index is 1.28. The predicted molar refractivity (Wildman–Crippen MR) is 163 cm³/mol. The third kappa shape index (κ3) is 4.08. The van der Waals surface area contributed by atoms with Crippen LogP contribution in [0.5, 0.6) is 0 Å². The number of carbonyl (C=O) groups excluding carboxylic acids is 1. The fourth-order valence-corrected chi connectivity index (χ4v) is 12.2. The van der Waals surface area contributed by atoms with E-state index in [2.05, 4.69) is 54.5 Å². The molecule has 5 fully saturated rings. The summed E-state index contributed by atoms with van der Waals surface area (Å²) in [7, 11) is 0. The summed E-state index contributed by atoms with van der Waals surface area (Å²) in [4.78, 5) is 13.7. The van der Waals surface area contributed by atoms with E-state index in [9.17, 15) is 9.90 Å². The molecular weight excluding hydrogens is 492 g/mol. The molecular formula is C37H60O3. The second-order valence-electron chi connectivity index (χ2n) is 17.7. The molecule has 0 spiro atoms. The molecule has 9 atom stereocenters. The first-order valence-corrected chi connectivity index (χ1v) is 17.3. The molecule has 0 aromatic carbocycles. The molecule has 0 bridgehead atoms. The number of aliphatic hydroxyl groups is 1. The number of carbonyl (C=O) groups is 1. The molecule has 226 valence electrons. The Kier molecular flexibility index (Phi) is 7.01. The minimum Gasteiger partial charge on any atom is -0.465 e. The number of esters is 1. The standard InChI is InChI=1S/C37H60O3/c1-32(2)28-15-18-37(7)29(35(28,5)17-16-30(32)38)14-13-26-27-23-34(4,20-19-33(27,3)21-22-36(26,37)6)31(39)40-24-25-11-9-8-10-12-25/h13,25,27-30,38H,8-12,14-24H2,1-7H3/t27-,28?,29?,30-,33+,34-,35-,36+,37+/m0/s1. The van der Waals surface area contributed by atoms with Gasteiger partial charge in [0.15, 0.2) is 0 Å². The molecule has 3 heteroatoms. The monoisotopic (exact) mass is 552 g/mol. The van der Waals surface area contributed by atoms with Crippen molar-refractivity contribution < 1.29 is 14.6 Å². The van der Waals surface area contributed by atoms with Crippen molar-refractivity contribution in [3.8, 4) is 0 Å².